The van der Waals surface area contributed by atoms with E-state index < -0.39 is 6.09 Å². The van der Waals surface area contributed by atoms with Gasteiger partial charge in [0, 0.05) is 25.6 Å². The van der Waals surface area contributed by atoms with Crippen LogP contribution in [0.25, 0.3) is 0 Å². The first-order valence-electron chi connectivity index (χ1n) is 6.88. The second-order valence-electron chi connectivity index (χ2n) is 5.19. The molecule has 2 atom stereocenters. The summed E-state index contributed by atoms with van der Waals surface area (Å²) in [7, 11) is 1.63. The molecule has 0 saturated carbocycles. The zero-order valence-corrected chi connectivity index (χ0v) is 11.7. The Balaban J connectivity index is 2.17. The van der Waals surface area contributed by atoms with Gasteiger partial charge in [-0.25, -0.2) is 4.79 Å². The Kier molecular flexibility index (Phi) is 4.84. The first kappa shape index (κ1) is 14.7. The van der Waals surface area contributed by atoms with Gasteiger partial charge >= 0.3 is 6.09 Å². The van der Waals surface area contributed by atoms with E-state index in [1.54, 1.807) is 7.11 Å². The van der Waals surface area contributed by atoms with Crippen LogP contribution >= 0.6 is 0 Å². The van der Waals surface area contributed by atoms with Crippen molar-refractivity contribution in [3.05, 3.63) is 29.8 Å². The molecule has 1 aromatic carbocycles. The van der Waals surface area contributed by atoms with Crippen molar-refractivity contribution in [2.45, 2.75) is 18.8 Å². The molecule has 1 aromatic rings. The van der Waals surface area contributed by atoms with Crippen LogP contribution in [0.1, 0.15) is 24.3 Å². The van der Waals surface area contributed by atoms with Gasteiger partial charge in [-0.1, -0.05) is 12.1 Å². The number of carboxylic acid groups (broad SMARTS) is 1. The largest absolute Gasteiger partial charge is 0.497 e. The molecule has 1 fully saturated rings. The molecule has 1 heterocycles. The van der Waals surface area contributed by atoms with Crippen LogP contribution in [0.3, 0.4) is 0 Å². The highest BCUT2D eigenvalue weighted by Crippen LogP contribution is 2.33. The summed E-state index contributed by atoms with van der Waals surface area (Å²) in [6.45, 7) is 0.932. The molecule has 1 amide bonds. The Labute approximate surface area is 118 Å². The third kappa shape index (κ3) is 3.22. The van der Waals surface area contributed by atoms with E-state index in [1.807, 2.05) is 24.3 Å². The van der Waals surface area contributed by atoms with Gasteiger partial charge in [0.2, 0.25) is 0 Å². The van der Waals surface area contributed by atoms with E-state index in [0.717, 1.165) is 24.2 Å². The number of aliphatic hydroxyl groups is 1. The number of aliphatic hydroxyl groups excluding tert-OH is 1. The maximum Gasteiger partial charge on any atom is 0.407 e. The summed E-state index contributed by atoms with van der Waals surface area (Å²) in [6, 6.07) is 7.82. The fourth-order valence-electron chi connectivity index (χ4n) is 2.89. The Bertz CT molecular complexity index is 446. The number of likely N-dealkylation sites (tertiary alicyclic amines) is 1. The second kappa shape index (κ2) is 6.61. The minimum absolute atomic E-state index is 0.000472. The van der Waals surface area contributed by atoms with Crippen LogP contribution in [0.15, 0.2) is 24.3 Å². The first-order chi connectivity index (χ1) is 9.65. The highest BCUT2D eigenvalue weighted by atomic mass is 16.5. The van der Waals surface area contributed by atoms with Crippen molar-refractivity contribution in [1.29, 1.82) is 0 Å². The number of hydrogen-bond donors (Lipinski definition) is 2. The van der Waals surface area contributed by atoms with E-state index in [2.05, 4.69) is 0 Å². The summed E-state index contributed by atoms with van der Waals surface area (Å²) in [5.41, 5.74) is 1.14. The number of amides is 1. The van der Waals surface area contributed by atoms with Gasteiger partial charge in [-0.05, 0) is 36.5 Å². The minimum atomic E-state index is -0.904. The third-order valence-corrected chi connectivity index (χ3v) is 4.02. The van der Waals surface area contributed by atoms with Crippen LogP contribution in [-0.2, 0) is 0 Å². The molecule has 0 radical (unpaired) electrons. The van der Waals surface area contributed by atoms with Gasteiger partial charge in [0.05, 0.1) is 7.11 Å². The molecule has 110 valence electrons. The van der Waals surface area contributed by atoms with E-state index >= 15 is 0 Å². The highest BCUT2D eigenvalue weighted by molar-refractivity contribution is 5.65. The molecular formula is C15H21NO4. The summed E-state index contributed by atoms with van der Waals surface area (Å²) < 4.78 is 5.15. The molecule has 20 heavy (non-hydrogen) atoms. The predicted molar refractivity (Wildman–Crippen MR) is 75.1 cm³/mol. The van der Waals surface area contributed by atoms with Crippen LogP contribution < -0.4 is 4.74 Å². The minimum Gasteiger partial charge on any atom is -0.497 e. The standard InChI is InChI=1S/C15H21NO4/c1-20-13-6-4-11(5-7-13)14-3-2-8-16(15(18)19)9-12(14)10-17/h4-7,12,14,17H,2-3,8-10H2,1H3,(H,18,19)/t12-,14-/m1/s1. The number of benzene rings is 1. The maximum atomic E-state index is 11.1. The average molecular weight is 279 g/mol. The molecule has 5 nitrogen and oxygen atoms in total. The molecule has 2 N–H and O–H groups in total. The Morgan fingerprint density at radius 1 is 1.40 bits per heavy atom. The number of rotatable bonds is 3. The molecule has 1 saturated heterocycles. The molecule has 0 bridgehead atoms. The van der Waals surface area contributed by atoms with Crippen molar-refractivity contribution in [2.75, 3.05) is 26.8 Å². The summed E-state index contributed by atoms with van der Waals surface area (Å²) in [5.74, 6) is 0.937. The number of methoxy groups -OCH3 is 1. The molecule has 2 rings (SSSR count). The lowest BCUT2D eigenvalue weighted by atomic mass is 9.84. The van der Waals surface area contributed by atoms with E-state index in [4.69, 9.17) is 9.84 Å². The Morgan fingerprint density at radius 3 is 2.65 bits per heavy atom. The number of carbonyl (C=O) groups is 1. The summed E-state index contributed by atoms with van der Waals surface area (Å²) >= 11 is 0. The van der Waals surface area contributed by atoms with Crippen molar-refractivity contribution in [1.82, 2.24) is 4.90 Å². The molecule has 0 aliphatic carbocycles. The van der Waals surface area contributed by atoms with E-state index in [9.17, 15) is 9.90 Å². The van der Waals surface area contributed by atoms with Crippen molar-refractivity contribution < 1.29 is 19.7 Å². The molecule has 1 aliphatic rings. The summed E-state index contributed by atoms with van der Waals surface area (Å²) in [6.07, 6.45) is 0.805. The van der Waals surface area contributed by atoms with Gasteiger partial charge in [0.1, 0.15) is 5.75 Å². The van der Waals surface area contributed by atoms with Crippen molar-refractivity contribution in [3.8, 4) is 5.75 Å². The maximum absolute atomic E-state index is 11.1. The van der Waals surface area contributed by atoms with Crippen molar-refractivity contribution in [3.63, 3.8) is 0 Å². The normalized spacial score (nSPS) is 23.2. The van der Waals surface area contributed by atoms with Crippen LogP contribution in [0.4, 0.5) is 4.79 Å². The fourth-order valence-corrected chi connectivity index (χ4v) is 2.89. The smallest absolute Gasteiger partial charge is 0.407 e. The van der Waals surface area contributed by atoms with Crippen LogP contribution in [0, 0.1) is 5.92 Å². The van der Waals surface area contributed by atoms with Crippen LogP contribution in [-0.4, -0.2) is 48.0 Å². The lowest BCUT2D eigenvalue weighted by molar-refractivity contribution is 0.126. The predicted octanol–water partition coefficient (Wildman–Crippen LogP) is 2.16. The van der Waals surface area contributed by atoms with Crippen LogP contribution in [0.5, 0.6) is 5.75 Å². The topological polar surface area (TPSA) is 70.0 Å². The third-order valence-electron chi connectivity index (χ3n) is 4.02. The zero-order valence-electron chi connectivity index (χ0n) is 11.7. The number of hydrogen-bond acceptors (Lipinski definition) is 3. The molecular weight excluding hydrogens is 258 g/mol. The molecule has 0 spiro atoms. The van der Waals surface area contributed by atoms with E-state index in [-0.39, 0.29) is 18.4 Å². The van der Waals surface area contributed by atoms with Crippen molar-refractivity contribution in [2.24, 2.45) is 5.92 Å². The van der Waals surface area contributed by atoms with E-state index in [0.29, 0.717) is 13.1 Å². The Morgan fingerprint density at radius 2 is 2.10 bits per heavy atom. The lowest BCUT2D eigenvalue weighted by Crippen LogP contribution is -2.35. The molecule has 5 heteroatoms. The van der Waals surface area contributed by atoms with Gasteiger partial charge in [-0.3, -0.25) is 0 Å². The zero-order chi connectivity index (χ0) is 14.5. The van der Waals surface area contributed by atoms with Gasteiger partial charge in [0.25, 0.3) is 0 Å². The summed E-state index contributed by atoms with van der Waals surface area (Å²) in [5, 5.41) is 18.7. The van der Waals surface area contributed by atoms with Gasteiger partial charge in [-0.2, -0.15) is 0 Å². The molecule has 0 aromatic heterocycles. The quantitative estimate of drug-likeness (QED) is 0.889. The van der Waals surface area contributed by atoms with Crippen LogP contribution in [0.2, 0.25) is 0 Å². The average Bonchev–Trinajstić information content (AvgIpc) is 2.69. The highest BCUT2D eigenvalue weighted by Gasteiger charge is 2.29. The van der Waals surface area contributed by atoms with Crippen molar-refractivity contribution >= 4 is 6.09 Å². The number of nitrogens with zero attached hydrogens (tertiary/aromatic N) is 1. The second-order valence-corrected chi connectivity index (χ2v) is 5.19. The number of ether oxygens (including phenoxy) is 1. The lowest BCUT2D eigenvalue weighted by Gasteiger charge is -2.26. The van der Waals surface area contributed by atoms with E-state index in [1.165, 1.54) is 4.90 Å². The summed E-state index contributed by atoms with van der Waals surface area (Å²) in [4.78, 5) is 12.5. The fraction of sp³-hybridized carbons (Fsp3) is 0.533. The molecule has 1 aliphatic heterocycles. The van der Waals surface area contributed by atoms with Gasteiger partial charge < -0.3 is 19.8 Å². The van der Waals surface area contributed by atoms with Gasteiger partial charge in [-0.15, -0.1) is 0 Å². The Hall–Kier alpha value is -1.75. The monoisotopic (exact) mass is 279 g/mol. The SMILES string of the molecule is COc1ccc([C@H]2CCCN(C(=O)O)C[C@@H]2CO)cc1. The van der Waals surface area contributed by atoms with Gasteiger partial charge in [0.15, 0.2) is 0 Å². The molecule has 0 unspecified atom stereocenters. The first-order valence-corrected chi connectivity index (χ1v) is 6.88.